The van der Waals surface area contributed by atoms with Gasteiger partial charge in [-0.2, -0.15) is 0 Å². The maximum atomic E-state index is 7.67. The molecule has 3 heteroatoms. The lowest BCUT2D eigenvalue weighted by Gasteiger charge is -2.29. The van der Waals surface area contributed by atoms with E-state index >= 15 is 0 Å². The lowest BCUT2D eigenvalue weighted by molar-refractivity contribution is 0.262. The van der Waals surface area contributed by atoms with Crippen molar-refractivity contribution in [3.05, 3.63) is 11.8 Å². The summed E-state index contributed by atoms with van der Waals surface area (Å²) in [6.45, 7) is 4.19. The molecule has 0 radical (unpaired) electrons. The van der Waals surface area contributed by atoms with Crippen LogP contribution in [0.15, 0.2) is 11.8 Å². The molecule has 14 heavy (non-hydrogen) atoms. The third-order valence-corrected chi connectivity index (χ3v) is 3.09. The summed E-state index contributed by atoms with van der Waals surface area (Å²) in [5, 5.41) is 11.0. The van der Waals surface area contributed by atoms with E-state index in [-0.39, 0.29) is 5.92 Å². The minimum absolute atomic E-state index is 0.264. The highest BCUT2D eigenvalue weighted by Gasteiger charge is 2.24. The van der Waals surface area contributed by atoms with Crippen molar-refractivity contribution in [3.8, 4) is 0 Å². The Labute approximate surface area is 85.0 Å². The van der Waals surface area contributed by atoms with E-state index < -0.39 is 0 Å². The van der Waals surface area contributed by atoms with E-state index in [4.69, 9.17) is 10.1 Å². The highest BCUT2D eigenvalue weighted by Crippen LogP contribution is 2.28. The molecule has 2 aliphatic rings. The molecule has 1 unspecified atom stereocenters. The van der Waals surface area contributed by atoms with Crippen LogP contribution in [-0.2, 0) is 4.74 Å². The van der Waals surface area contributed by atoms with Crippen molar-refractivity contribution >= 4 is 5.90 Å². The van der Waals surface area contributed by atoms with Gasteiger partial charge in [0.05, 0.1) is 0 Å². The summed E-state index contributed by atoms with van der Waals surface area (Å²) in [4.78, 5) is 0. The van der Waals surface area contributed by atoms with E-state index in [2.05, 4.69) is 11.4 Å². The molecule has 2 aliphatic heterocycles. The van der Waals surface area contributed by atoms with Gasteiger partial charge in [-0.25, -0.2) is 0 Å². The Morgan fingerprint density at radius 1 is 1.43 bits per heavy atom. The number of piperidine rings is 1. The molecular formula is C11H18N2O. The van der Waals surface area contributed by atoms with Gasteiger partial charge in [-0.1, -0.05) is 6.92 Å². The monoisotopic (exact) mass is 194 g/mol. The Bertz CT molecular complexity index is 254. The lowest BCUT2D eigenvalue weighted by atomic mass is 9.92. The molecule has 0 saturated carbocycles. The minimum Gasteiger partial charge on any atom is -0.448 e. The molecule has 1 fully saturated rings. The molecule has 0 aliphatic carbocycles. The van der Waals surface area contributed by atoms with Gasteiger partial charge in [0, 0.05) is 11.8 Å². The molecule has 0 amide bonds. The van der Waals surface area contributed by atoms with Crippen LogP contribution in [0.2, 0.25) is 0 Å². The Hall–Kier alpha value is -0.830. The van der Waals surface area contributed by atoms with Crippen LogP contribution >= 0.6 is 0 Å². The smallest absolute Gasteiger partial charge is 0.190 e. The number of ether oxygens (including phenoxy) is 1. The van der Waals surface area contributed by atoms with Crippen LogP contribution in [0, 0.1) is 17.2 Å². The number of allylic oxidation sites excluding steroid dienone is 2. The zero-order chi connectivity index (χ0) is 9.97. The van der Waals surface area contributed by atoms with Crippen LogP contribution in [0.5, 0.6) is 0 Å². The lowest BCUT2D eigenvalue weighted by Crippen LogP contribution is -2.31. The molecule has 2 heterocycles. The van der Waals surface area contributed by atoms with Gasteiger partial charge in [0.1, 0.15) is 5.76 Å². The third-order valence-electron chi connectivity index (χ3n) is 3.09. The first-order valence-corrected chi connectivity index (χ1v) is 5.44. The van der Waals surface area contributed by atoms with Crippen molar-refractivity contribution in [1.82, 2.24) is 5.32 Å². The molecule has 3 nitrogen and oxygen atoms in total. The average Bonchev–Trinajstić information content (AvgIpc) is 2.23. The normalized spacial score (nSPS) is 29.6. The first-order chi connectivity index (χ1) is 6.77. The Morgan fingerprint density at radius 2 is 2.14 bits per heavy atom. The van der Waals surface area contributed by atoms with Gasteiger partial charge < -0.3 is 10.1 Å². The summed E-state index contributed by atoms with van der Waals surface area (Å²) in [5.74, 6) is 2.31. The predicted molar refractivity (Wildman–Crippen MR) is 56.3 cm³/mol. The highest BCUT2D eigenvalue weighted by atomic mass is 16.5. The second-order valence-electron chi connectivity index (χ2n) is 4.23. The molecule has 1 atom stereocenters. The fraction of sp³-hybridized carbons (Fsp3) is 0.727. The molecule has 2 N–H and O–H groups in total. The molecular weight excluding hydrogens is 176 g/mol. The van der Waals surface area contributed by atoms with Crippen LogP contribution < -0.4 is 5.32 Å². The predicted octanol–water partition coefficient (Wildman–Crippen LogP) is 1.90. The van der Waals surface area contributed by atoms with Gasteiger partial charge in [-0.05, 0) is 38.4 Å². The van der Waals surface area contributed by atoms with Gasteiger partial charge in [0.25, 0.3) is 0 Å². The summed E-state index contributed by atoms with van der Waals surface area (Å²) < 4.78 is 5.55. The van der Waals surface area contributed by atoms with Crippen LogP contribution in [-0.4, -0.2) is 19.0 Å². The standard InChI is InChI=1S/C11H18N2O/c1-8-2-3-10(14-11(8)12)9-4-6-13-7-5-9/h3,8-9,12-13H,2,4-7H2,1H3. The molecule has 78 valence electrons. The molecule has 0 aromatic rings. The second kappa shape index (κ2) is 4.13. The maximum Gasteiger partial charge on any atom is 0.190 e. The number of hydrogen-bond donors (Lipinski definition) is 2. The summed E-state index contributed by atoms with van der Waals surface area (Å²) >= 11 is 0. The van der Waals surface area contributed by atoms with Crippen LogP contribution in [0.3, 0.4) is 0 Å². The quantitative estimate of drug-likeness (QED) is 0.669. The fourth-order valence-electron chi connectivity index (χ4n) is 2.03. The zero-order valence-corrected chi connectivity index (χ0v) is 8.68. The Morgan fingerprint density at radius 3 is 2.79 bits per heavy atom. The van der Waals surface area contributed by atoms with E-state index in [0.717, 1.165) is 38.1 Å². The van der Waals surface area contributed by atoms with Crippen molar-refractivity contribution in [2.75, 3.05) is 13.1 Å². The van der Waals surface area contributed by atoms with Gasteiger partial charge >= 0.3 is 0 Å². The summed E-state index contributed by atoms with van der Waals surface area (Å²) in [7, 11) is 0. The SMILES string of the molecule is CC1CC=C(C2CCNCC2)OC1=N. The Kier molecular flexibility index (Phi) is 2.87. The Balaban J connectivity index is 2.00. The molecule has 0 spiro atoms. The number of rotatable bonds is 1. The van der Waals surface area contributed by atoms with E-state index in [1.165, 1.54) is 0 Å². The summed E-state index contributed by atoms with van der Waals surface area (Å²) in [6, 6.07) is 0. The highest BCUT2D eigenvalue weighted by molar-refractivity contribution is 5.77. The van der Waals surface area contributed by atoms with Crippen molar-refractivity contribution in [2.24, 2.45) is 11.8 Å². The van der Waals surface area contributed by atoms with Crippen molar-refractivity contribution < 1.29 is 4.74 Å². The molecule has 0 aromatic carbocycles. The van der Waals surface area contributed by atoms with E-state index in [1.54, 1.807) is 0 Å². The van der Waals surface area contributed by atoms with E-state index in [9.17, 15) is 0 Å². The number of nitrogens with one attached hydrogen (secondary N) is 2. The first-order valence-electron chi connectivity index (χ1n) is 5.44. The minimum atomic E-state index is 0.264. The molecule has 0 aromatic heterocycles. The van der Waals surface area contributed by atoms with Gasteiger partial charge in [0.15, 0.2) is 5.90 Å². The largest absolute Gasteiger partial charge is 0.448 e. The van der Waals surface area contributed by atoms with Crippen LogP contribution in [0.4, 0.5) is 0 Å². The van der Waals surface area contributed by atoms with Crippen LogP contribution in [0.1, 0.15) is 26.2 Å². The maximum absolute atomic E-state index is 7.67. The number of hydrogen-bond acceptors (Lipinski definition) is 3. The van der Waals surface area contributed by atoms with E-state index in [1.807, 2.05) is 6.92 Å². The molecule has 0 bridgehead atoms. The van der Waals surface area contributed by atoms with Gasteiger partial charge in [-0.15, -0.1) is 0 Å². The third kappa shape index (κ3) is 1.98. The summed E-state index contributed by atoms with van der Waals surface area (Å²) in [5.41, 5.74) is 0. The van der Waals surface area contributed by atoms with Crippen LogP contribution in [0.25, 0.3) is 0 Å². The van der Waals surface area contributed by atoms with Crippen molar-refractivity contribution in [2.45, 2.75) is 26.2 Å². The topological polar surface area (TPSA) is 45.1 Å². The molecule has 1 saturated heterocycles. The van der Waals surface area contributed by atoms with E-state index in [0.29, 0.717) is 11.8 Å². The van der Waals surface area contributed by atoms with Gasteiger partial charge in [0.2, 0.25) is 0 Å². The average molecular weight is 194 g/mol. The second-order valence-corrected chi connectivity index (χ2v) is 4.23. The van der Waals surface area contributed by atoms with Crippen molar-refractivity contribution in [3.63, 3.8) is 0 Å². The van der Waals surface area contributed by atoms with Crippen molar-refractivity contribution in [1.29, 1.82) is 5.41 Å². The summed E-state index contributed by atoms with van der Waals surface area (Å²) in [6.07, 6.45) is 5.44. The van der Waals surface area contributed by atoms with Gasteiger partial charge in [-0.3, -0.25) is 5.41 Å². The molecule has 2 rings (SSSR count). The first kappa shape index (κ1) is 9.71. The fourth-order valence-corrected chi connectivity index (χ4v) is 2.03. The zero-order valence-electron chi connectivity index (χ0n) is 8.68.